The van der Waals surface area contributed by atoms with Gasteiger partial charge in [-0.1, -0.05) is 30.3 Å². The minimum Gasteiger partial charge on any atom is -0.398 e. The fourth-order valence-electron chi connectivity index (χ4n) is 4.07. The van der Waals surface area contributed by atoms with Crippen molar-refractivity contribution in [1.29, 1.82) is 0 Å². The van der Waals surface area contributed by atoms with Crippen molar-refractivity contribution in [1.82, 2.24) is 10.2 Å². The van der Waals surface area contributed by atoms with Crippen LogP contribution in [-0.4, -0.2) is 113 Å². The Kier molecular flexibility index (Phi) is 16.3. The maximum absolute atomic E-state index is 11.5. The first kappa shape index (κ1) is 40.1. The highest BCUT2D eigenvalue weighted by molar-refractivity contribution is 7.52. The number of benzene rings is 1. The van der Waals surface area contributed by atoms with Crippen molar-refractivity contribution in [3.63, 3.8) is 0 Å². The van der Waals surface area contributed by atoms with Crippen molar-refractivity contribution in [3.8, 4) is 0 Å². The molecular weight excluding hydrogens is 669 g/mol. The van der Waals surface area contributed by atoms with E-state index < -0.39 is 67.6 Å². The van der Waals surface area contributed by atoms with E-state index in [4.69, 9.17) is 31.3 Å². The Hall–Kier alpha value is 0.0406. The maximum Gasteiger partial charge on any atom is 0.483 e. The first-order valence-corrected chi connectivity index (χ1v) is 25.0. The second kappa shape index (κ2) is 17.1. The summed E-state index contributed by atoms with van der Waals surface area (Å²) in [6.45, 7) is 3.78. The van der Waals surface area contributed by atoms with Crippen molar-refractivity contribution >= 4 is 53.9 Å². The van der Waals surface area contributed by atoms with Crippen LogP contribution in [-0.2, 0) is 35.2 Å². The van der Waals surface area contributed by atoms with Crippen LogP contribution >= 0.6 is 22.8 Å². The van der Waals surface area contributed by atoms with Crippen molar-refractivity contribution in [3.05, 3.63) is 30.3 Å². The van der Waals surface area contributed by atoms with E-state index in [1.807, 2.05) is 36.9 Å². The molecule has 1 aromatic carbocycles. The summed E-state index contributed by atoms with van der Waals surface area (Å²) in [5.74, 6) is 0. The minimum absolute atomic E-state index is 0.0469. The summed E-state index contributed by atoms with van der Waals surface area (Å²) in [5, 5.41) is 3.53. The van der Waals surface area contributed by atoms with Gasteiger partial charge < -0.3 is 56.2 Å². The molecule has 246 valence electrons. The molecule has 0 fully saturated rings. The Bertz CT molecular complexity index is 1070. The van der Waals surface area contributed by atoms with Gasteiger partial charge in [0.05, 0.1) is 6.29 Å². The van der Waals surface area contributed by atoms with Gasteiger partial charge >= 0.3 is 48.7 Å². The molecule has 16 nitrogen and oxygen atoms in total. The second-order valence-corrected chi connectivity index (χ2v) is 24.8. The van der Waals surface area contributed by atoms with E-state index in [2.05, 4.69) is 5.32 Å². The molecule has 1 aromatic rings. The molecule has 0 radical (unpaired) electrons. The van der Waals surface area contributed by atoms with Crippen molar-refractivity contribution < 1.29 is 64.6 Å². The quantitative estimate of drug-likeness (QED) is 0.0505. The summed E-state index contributed by atoms with van der Waals surface area (Å²) in [6, 6.07) is 9.80. The van der Waals surface area contributed by atoms with E-state index in [1.165, 1.54) is 21.3 Å². The van der Waals surface area contributed by atoms with E-state index in [-0.39, 0.29) is 31.6 Å². The lowest BCUT2D eigenvalue weighted by molar-refractivity contribution is 0.149. The van der Waals surface area contributed by atoms with Gasteiger partial charge in [-0.3, -0.25) is 18.6 Å². The molecular formula is C20H45N2O14P3Si3. The fraction of sp³-hybridized carbons (Fsp3) is 0.700. The summed E-state index contributed by atoms with van der Waals surface area (Å²) in [6.07, 6.45) is -1.53. The molecule has 7 N–H and O–H groups in total. The van der Waals surface area contributed by atoms with Gasteiger partial charge in [-0.15, -0.1) is 0 Å². The molecule has 0 amide bonds. The van der Waals surface area contributed by atoms with Gasteiger partial charge in [-0.05, 0) is 50.3 Å². The zero-order chi connectivity index (χ0) is 32.3. The highest BCUT2D eigenvalue weighted by atomic mass is 31.2. The summed E-state index contributed by atoms with van der Waals surface area (Å²) < 4.78 is 65.3. The van der Waals surface area contributed by atoms with Crippen molar-refractivity contribution in [2.24, 2.45) is 0 Å². The minimum atomic E-state index is -4.59. The number of hydrogen-bond donors (Lipinski definition) is 7. The second-order valence-electron chi connectivity index (χ2n) is 9.98. The van der Waals surface area contributed by atoms with Crippen LogP contribution in [0.2, 0.25) is 25.2 Å². The molecule has 0 aliphatic rings. The number of nitrogens with zero attached hydrogens (tertiary/aromatic N) is 1. The van der Waals surface area contributed by atoms with E-state index in [1.54, 1.807) is 6.55 Å². The lowest BCUT2D eigenvalue weighted by atomic mass is 10.4. The predicted octanol–water partition coefficient (Wildman–Crippen LogP) is 1.03. The van der Waals surface area contributed by atoms with Crippen LogP contribution in [0.25, 0.3) is 0 Å². The third-order valence-corrected chi connectivity index (χ3v) is 20.0. The zero-order valence-electron chi connectivity index (χ0n) is 24.5. The van der Waals surface area contributed by atoms with E-state index in [0.717, 1.165) is 10.1 Å². The normalized spacial score (nSPS) is 17.5. The van der Waals surface area contributed by atoms with Crippen LogP contribution < -0.4 is 10.5 Å². The van der Waals surface area contributed by atoms with Gasteiger partial charge in [0, 0.05) is 27.4 Å². The van der Waals surface area contributed by atoms with Crippen LogP contribution in [0.5, 0.6) is 0 Å². The first-order chi connectivity index (χ1) is 19.2. The van der Waals surface area contributed by atoms with Gasteiger partial charge in [0.1, 0.15) is 12.6 Å². The van der Waals surface area contributed by atoms with Gasteiger partial charge in [-0.2, -0.15) is 0 Å². The number of rotatable bonds is 22. The van der Waals surface area contributed by atoms with Gasteiger partial charge in [0.2, 0.25) is 0 Å². The predicted molar refractivity (Wildman–Crippen MR) is 163 cm³/mol. The van der Waals surface area contributed by atoms with Crippen LogP contribution in [0.4, 0.5) is 0 Å². The molecule has 22 heteroatoms. The Labute approximate surface area is 250 Å². The molecule has 0 saturated carbocycles. The molecule has 3 atom stereocenters. The third kappa shape index (κ3) is 15.9. The summed E-state index contributed by atoms with van der Waals surface area (Å²) >= 11 is 0. The summed E-state index contributed by atoms with van der Waals surface area (Å²) in [7, 11) is -18.9. The topological polar surface area (TPSA) is 234 Å². The Morgan fingerprint density at radius 3 is 1.79 bits per heavy atom. The molecule has 1 rings (SSSR count). The van der Waals surface area contributed by atoms with Gasteiger partial charge in [0.15, 0.2) is 0 Å². The van der Waals surface area contributed by atoms with Crippen LogP contribution in [0.15, 0.2) is 30.3 Å². The molecule has 0 bridgehead atoms. The smallest absolute Gasteiger partial charge is 0.398 e. The van der Waals surface area contributed by atoms with E-state index >= 15 is 0 Å². The SMILES string of the molecule is CO[Si](C)(CCCN(CP(=O)(O)O)CP(=O)(O)O)O[Si](CCCNCP(=O)(O)O)(OC)O[Si](C)(OC)c1ccccc1. The summed E-state index contributed by atoms with van der Waals surface area (Å²) in [5.41, 5.74) is 0. The van der Waals surface area contributed by atoms with E-state index in [0.29, 0.717) is 6.42 Å². The Morgan fingerprint density at radius 2 is 1.33 bits per heavy atom. The molecule has 0 saturated heterocycles. The Morgan fingerprint density at radius 1 is 0.762 bits per heavy atom. The molecule has 0 aromatic heterocycles. The number of nitrogens with one attached hydrogen (secondary N) is 1. The fourth-order valence-corrected chi connectivity index (χ4v) is 17.6. The average Bonchev–Trinajstić information content (AvgIpc) is 2.86. The molecule has 3 unspecified atom stereocenters. The number of hydrogen-bond acceptors (Lipinski definition) is 10. The maximum atomic E-state index is 11.5. The lowest BCUT2D eigenvalue weighted by Crippen LogP contribution is -2.64. The van der Waals surface area contributed by atoms with Gasteiger partial charge in [0.25, 0.3) is 0 Å². The lowest BCUT2D eigenvalue weighted by Gasteiger charge is -2.41. The monoisotopic (exact) mass is 714 g/mol. The standard InChI is InChI=1S/C20H45N2O14P3Si3/c1-32-40(4,15-10-14-22(18-38(26,27)28)19-39(29,30)31)35-42(34-3,16-9-13-21-17-37(23,24)25)36-41(5,33-2)20-11-7-6-8-12-20/h6-8,11-12,21H,9-10,13-19H2,1-5H3,(H2,23,24,25)(H2,26,27,28)(H2,29,30,31). The van der Waals surface area contributed by atoms with Gasteiger partial charge in [-0.25, -0.2) is 0 Å². The highest BCUT2D eigenvalue weighted by Gasteiger charge is 2.53. The van der Waals surface area contributed by atoms with Crippen LogP contribution in [0.3, 0.4) is 0 Å². The highest BCUT2D eigenvalue weighted by Crippen LogP contribution is 2.41. The average molecular weight is 715 g/mol. The molecule has 42 heavy (non-hydrogen) atoms. The van der Waals surface area contributed by atoms with E-state index in [9.17, 15) is 33.3 Å². The summed E-state index contributed by atoms with van der Waals surface area (Å²) in [4.78, 5) is 56.7. The third-order valence-electron chi connectivity index (χ3n) is 6.18. The van der Waals surface area contributed by atoms with Crippen LogP contribution in [0.1, 0.15) is 12.8 Å². The molecule has 0 spiro atoms. The molecule has 0 heterocycles. The Balaban J connectivity index is 3.21. The molecule has 0 aliphatic carbocycles. The van der Waals surface area contributed by atoms with Crippen LogP contribution in [0, 0.1) is 0 Å². The first-order valence-electron chi connectivity index (χ1n) is 12.9. The molecule has 0 aliphatic heterocycles. The largest absolute Gasteiger partial charge is 0.483 e. The van der Waals surface area contributed by atoms with Crippen molar-refractivity contribution in [2.75, 3.05) is 53.3 Å². The zero-order valence-corrected chi connectivity index (χ0v) is 30.2. The van der Waals surface area contributed by atoms with Crippen molar-refractivity contribution in [2.45, 2.75) is 38.0 Å².